The maximum absolute atomic E-state index is 11.8. The van der Waals surface area contributed by atoms with Crippen molar-refractivity contribution in [2.75, 3.05) is 26.0 Å². The molecule has 0 unspecified atom stereocenters. The van der Waals surface area contributed by atoms with E-state index >= 15 is 0 Å². The number of fused-ring (bicyclic) bond motifs is 1. The van der Waals surface area contributed by atoms with E-state index in [9.17, 15) is 8.42 Å². The first kappa shape index (κ1) is 23.6. The van der Waals surface area contributed by atoms with Crippen molar-refractivity contribution < 1.29 is 17.9 Å². The Kier molecular flexibility index (Phi) is 7.62. The molecule has 6 nitrogen and oxygen atoms in total. The van der Waals surface area contributed by atoms with Gasteiger partial charge in [0.1, 0.15) is 23.7 Å². The highest BCUT2D eigenvalue weighted by Crippen LogP contribution is 2.44. The van der Waals surface area contributed by atoms with Crippen LogP contribution in [0.5, 0.6) is 11.5 Å². The van der Waals surface area contributed by atoms with Crippen molar-refractivity contribution in [3.63, 3.8) is 0 Å². The minimum Gasteiger partial charge on any atom is -0.492 e. The lowest BCUT2D eigenvalue weighted by Crippen LogP contribution is -2.55. The van der Waals surface area contributed by atoms with E-state index in [0.29, 0.717) is 12.2 Å². The van der Waals surface area contributed by atoms with Crippen LogP contribution in [0.25, 0.3) is 0 Å². The van der Waals surface area contributed by atoms with Gasteiger partial charge < -0.3 is 14.8 Å². The van der Waals surface area contributed by atoms with E-state index in [1.54, 1.807) is 0 Å². The van der Waals surface area contributed by atoms with Crippen LogP contribution in [0.1, 0.15) is 44.2 Å². The molecule has 0 spiro atoms. The molecule has 1 heterocycles. The van der Waals surface area contributed by atoms with Crippen molar-refractivity contribution in [2.45, 2.75) is 51.2 Å². The van der Waals surface area contributed by atoms with Gasteiger partial charge in [-0.3, -0.25) is 0 Å². The molecule has 0 saturated heterocycles. The molecular weight excluding hydrogens is 412 g/mol. The zero-order valence-corrected chi connectivity index (χ0v) is 19.7. The molecule has 3 rings (SSSR count). The standard InChI is InChI=1S/C24H34N2O4S/c1-5-15-31(27,28)26-13-14-29-19-11-12-22-20(17-19)21(16-18-9-7-6-8-10-18)23(25-4)24(2,3)30-22/h6-12,17,21,23,25-26H,5,13-16H2,1-4H3/t21-,23-/m1/s1. The largest absolute Gasteiger partial charge is 0.492 e. The summed E-state index contributed by atoms with van der Waals surface area (Å²) in [6.07, 6.45) is 1.47. The average Bonchev–Trinajstić information content (AvgIpc) is 2.72. The van der Waals surface area contributed by atoms with Gasteiger partial charge in [0.05, 0.1) is 11.8 Å². The first-order chi connectivity index (χ1) is 14.8. The Morgan fingerprint density at radius 3 is 2.55 bits per heavy atom. The molecule has 2 aromatic carbocycles. The predicted molar refractivity (Wildman–Crippen MR) is 124 cm³/mol. The van der Waals surface area contributed by atoms with Gasteiger partial charge in [-0.2, -0.15) is 0 Å². The van der Waals surface area contributed by atoms with Crippen molar-refractivity contribution >= 4 is 10.0 Å². The molecule has 0 radical (unpaired) electrons. The second kappa shape index (κ2) is 10.0. The quantitative estimate of drug-likeness (QED) is 0.547. The minimum absolute atomic E-state index is 0.122. The van der Waals surface area contributed by atoms with Gasteiger partial charge in [0.25, 0.3) is 0 Å². The molecule has 2 aromatic rings. The number of rotatable bonds is 10. The van der Waals surface area contributed by atoms with Crippen LogP contribution in [0, 0.1) is 0 Å². The van der Waals surface area contributed by atoms with E-state index in [1.165, 1.54) is 5.56 Å². The summed E-state index contributed by atoms with van der Waals surface area (Å²) in [6, 6.07) is 16.4. The lowest BCUT2D eigenvalue weighted by Gasteiger charge is -2.45. The molecule has 0 aromatic heterocycles. The first-order valence-electron chi connectivity index (χ1n) is 10.9. The van der Waals surface area contributed by atoms with Crippen LogP contribution in [0.3, 0.4) is 0 Å². The lowest BCUT2D eigenvalue weighted by atomic mass is 9.76. The summed E-state index contributed by atoms with van der Waals surface area (Å²) in [5, 5.41) is 3.46. The van der Waals surface area contributed by atoms with Crippen LogP contribution >= 0.6 is 0 Å². The molecule has 1 aliphatic heterocycles. The second-order valence-corrected chi connectivity index (χ2v) is 10.5. The molecule has 2 atom stereocenters. The van der Waals surface area contributed by atoms with Gasteiger partial charge in [-0.1, -0.05) is 37.3 Å². The molecule has 7 heteroatoms. The van der Waals surface area contributed by atoms with Gasteiger partial charge in [-0.15, -0.1) is 0 Å². The number of likely N-dealkylation sites (N-methyl/N-ethyl adjacent to an activating group) is 1. The van der Waals surface area contributed by atoms with Crippen LogP contribution in [-0.2, 0) is 16.4 Å². The van der Waals surface area contributed by atoms with Crippen LogP contribution in [0.4, 0.5) is 0 Å². The normalized spacial score (nSPS) is 20.0. The molecule has 0 fully saturated rings. The van der Waals surface area contributed by atoms with E-state index in [1.807, 2.05) is 38.2 Å². The molecule has 0 aliphatic carbocycles. The zero-order valence-electron chi connectivity index (χ0n) is 18.9. The Hall–Kier alpha value is -2.09. The fourth-order valence-corrected chi connectivity index (χ4v) is 5.44. The number of benzene rings is 2. The molecule has 0 saturated carbocycles. The van der Waals surface area contributed by atoms with Crippen molar-refractivity contribution in [3.8, 4) is 11.5 Å². The lowest BCUT2D eigenvalue weighted by molar-refractivity contribution is 0.0364. The van der Waals surface area contributed by atoms with Crippen LogP contribution in [0.2, 0.25) is 0 Å². The first-order valence-corrected chi connectivity index (χ1v) is 12.5. The maximum Gasteiger partial charge on any atom is 0.211 e. The van der Waals surface area contributed by atoms with Crippen molar-refractivity contribution in [2.24, 2.45) is 0 Å². The summed E-state index contributed by atoms with van der Waals surface area (Å²) in [7, 11) is -1.25. The maximum atomic E-state index is 11.8. The van der Waals surface area contributed by atoms with Crippen LogP contribution in [0.15, 0.2) is 48.5 Å². The predicted octanol–water partition coefficient (Wildman–Crippen LogP) is 3.48. The SMILES string of the molecule is CCCS(=O)(=O)NCCOc1ccc2c(c1)[C@@H](Cc1ccccc1)[C@@H](NC)C(C)(C)O2. The Morgan fingerprint density at radius 2 is 1.87 bits per heavy atom. The summed E-state index contributed by atoms with van der Waals surface area (Å²) in [5.74, 6) is 1.92. The molecule has 170 valence electrons. The number of nitrogens with one attached hydrogen (secondary N) is 2. The molecule has 0 amide bonds. The number of hydrogen-bond donors (Lipinski definition) is 2. The number of ether oxygens (including phenoxy) is 2. The fraction of sp³-hybridized carbons (Fsp3) is 0.500. The third-order valence-electron chi connectivity index (χ3n) is 5.68. The van der Waals surface area contributed by atoms with Gasteiger partial charge in [0.15, 0.2) is 0 Å². The van der Waals surface area contributed by atoms with E-state index in [-0.39, 0.29) is 36.5 Å². The summed E-state index contributed by atoms with van der Waals surface area (Å²) in [4.78, 5) is 0. The fourth-order valence-electron chi connectivity index (χ4n) is 4.36. The van der Waals surface area contributed by atoms with Gasteiger partial charge in [0.2, 0.25) is 10.0 Å². The molecule has 1 aliphatic rings. The highest BCUT2D eigenvalue weighted by Gasteiger charge is 2.43. The highest BCUT2D eigenvalue weighted by atomic mass is 32.2. The number of hydrogen-bond acceptors (Lipinski definition) is 5. The van der Waals surface area contributed by atoms with Crippen molar-refractivity contribution in [1.82, 2.24) is 10.0 Å². The Morgan fingerprint density at radius 1 is 1.13 bits per heavy atom. The molecule has 2 N–H and O–H groups in total. The molecule has 0 bridgehead atoms. The van der Waals surface area contributed by atoms with Gasteiger partial charge >= 0.3 is 0 Å². The van der Waals surface area contributed by atoms with Gasteiger partial charge in [0, 0.05) is 18.0 Å². The third-order valence-corrected chi connectivity index (χ3v) is 7.27. The second-order valence-electron chi connectivity index (χ2n) is 8.53. The van der Waals surface area contributed by atoms with Crippen LogP contribution < -0.4 is 19.5 Å². The van der Waals surface area contributed by atoms with Gasteiger partial charge in [-0.05, 0) is 57.5 Å². The number of sulfonamides is 1. The van der Waals surface area contributed by atoms with E-state index in [0.717, 1.165) is 17.7 Å². The monoisotopic (exact) mass is 446 g/mol. The Bertz CT molecular complexity index is 961. The van der Waals surface area contributed by atoms with Crippen molar-refractivity contribution in [3.05, 3.63) is 59.7 Å². The highest BCUT2D eigenvalue weighted by molar-refractivity contribution is 7.89. The van der Waals surface area contributed by atoms with Crippen molar-refractivity contribution in [1.29, 1.82) is 0 Å². The smallest absolute Gasteiger partial charge is 0.211 e. The van der Waals surface area contributed by atoms with E-state index in [2.05, 4.69) is 48.2 Å². The Labute approximate surface area is 186 Å². The molecule has 31 heavy (non-hydrogen) atoms. The summed E-state index contributed by atoms with van der Waals surface area (Å²) >= 11 is 0. The zero-order chi connectivity index (χ0) is 22.5. The Balaban J connectivity index is 1.78. The molecular formula is C24H34N2O4S. The van der Waals surface area contributed by atoms with E-state index in [4.69, 9.17) is 9.47 Å². The summed E-state index contributed by atoms with van der Waals surface area (Å²) in [5.41, 5.74) is 2.01. The topological polar surface area (TPSA) is 76.7 Å². The van der Waals surface area contributed by atoms with E-state index < -0.39 is 10.0 Å². The summed E-state index contributed by atoms with van der Waals surface area (Å²) in [6.45, 7) is 6.59. The minimum atomic E-state index is -3.23. The summed E-state index contributed by atoms with van der Waals surface area (Å²) < 4.78 is 38.3. The average molecular weight is 447 g/mol. The third kappa shape index (κ3) is 5.99. The van der Waals surface area contributed by atoms with Gasteiger partial charge in [-0.25, -0.2) is 13.1 Å². The van der Waals surface area contributed by atoms with Crippen LogP contribution in [-0.4, -0.2) is 46.0 Å².